The molecular weight excluding hydrogens is 438 g/mol. The van der Waals surface area contributed by atoms with E-state index in [1.807, 2.05) is 46.1 Å². The third-order valence-electron chi connectivity index (χ3n) is 6.01. The molecule has 0 saturated carbocycles. The third-order valence-corrected chi connectivity index (χ3v) is 6.27. The smallest absolute Gasteiger partial charge is 0.286 e. The average molecular weight is 464 g/mol. The number of rotatable bonds is 4. The van der Waals surface area contributed by atoms with Gasteiger partial charge in [-0.2, -0.15) is 5.10 Å². The quantitative estimate of drug-likeness (QED) is 0.588. The Morgan fingerprint density at radius 1 is 1.03 bits per heavy atom. The Balaban J connectivity index is 1.60. The fourth-order valence-electron chi connectivity index (χ4n) is 4.38. The van der Waals surface area contributed by atoms with E-state index >= 15 is 0 Å². The molecular formula is C25H26ClN5O2. The molecule has 0 unspecified atom stereocenters. The number of hydrogen-bond donors (Lipinski definition) is 1. The number of morpholine rings is 1. The van der Waals surface area contributed by atoms with Crippen molar-refractivity contribution in [3.05, 3.63) is 76.3 Å². The summed E-state index contributed by atoms with van der Waals surface area (Å²) >= 11 is 6.09. The highest BCUT2D eigenvalue weighted by Gasteiger charge is 2.28. The number of halogens is 1. The first-order valence-corrected chi connectivity index (χ1v) is 11.7. The van der Waals surface area contributed by atoms with Crippen molar-refractivity contribution in [2.75, 3.05) is 26.3 Å². The molecule has 2 aromatic heterocycles. The number of pyridine rings is 1. The summed E-state index contributed by atoms with van der Waals surface area (Å²) in [6, 6.07) is 11.7. The number of aromatic nitrogens is 3. The maximum absolute atomic E-state index is 13.3. The number of allylic oxidation sites excluding steroid dienone is 1. The first-order valence-electron chi connectivity index (χ1n) is 11.3. The summed E-state index contributed by atoms with van der Waals surface area (Å²) in [6.07, 6.45) is 9.46. The molecule has 1 aliphatic carbocycles. The van der Waals surface area contributed by atoms with Gasteiger partial charge >= 0.3 is 0 Å². The summed E-state index contributed by atoms with van der Waals surface area (Å²) < 4.78 is 7.30. The van der Waals surface area contributed by atoms with E-state index in [4.69, 9.17) is 21.4 Å². The molecule has 7 nitrogen and oxygen atoms in total. The molecule has 0 radical (unpaired) electrons. The van der Waals surface area contributed by atoms with Crippen LogP contribution in [-0.4, -0.2) is 52.0 Å². The van der Waals surface area contributed by atoms with Crippen LogP contribution in [-0.2, 0) is 11.2 Å². The van der Waals surface area contributed by atoms with Crippen molar-refractivity contribution in [2.24, 2.45) is 0 Å². The van der Waals surface area contributed by atoms with Crippen molar-refractivity contribution >= 4 is 29.2 Å². The van der Waals surface area contributed by atoms with Crippen molar-refractivity contribution in [1.29, 1.82) is 0 Å². The lowest BCUT2D eigenvalue weighted by atomic mass is 10.0. The Morgan fingerprint density at radius 2 is 1.76 bits per heavy atom. The first-order chi connectivity index (χ1) is 16.2. The maximum Gasteiger partial charge on any atom is 0.286 e. The number of benzene rings is 1. The van der Waals surface area contributed by atoms with Crippen LogP contribution in [0.1, 0.15) is 46.6 Å². The van der Waals surface area contributed by atoms with Gasteiger partial charge in [-0.1, -0.05) is 23.7 Å². The van der Waals surface area contributed by atoms with Crippen molar-refractivity contribution in [3.63, 3.8) is 0 Å². The summed E-state index contributed by atoms with van der Waals surface area (Å²) in [7, 11) is 0. The number of carbonyl (C=O) groups excluding carboxylic acids is 1. The summed E-state index contributed by atoms with van der Waals surface area (Å²) in [5, 5.41) is 7.45. The number of nitrogens with one attached hydrogen (secondary N) is 1. The number of hydrazine groups is 1. The maximum atomic E-state index is 13.3. The molecule has 2 aliphatic rings. The van der Waals surface area contributed by atoms with Crippen molar-refractivity contribution in [1.82, 2.24) is 25.2 Å². The van der Waals surface area contributed by atoms with E-state index in [2.05, 4.69) is 16.5 Å². The molecule has 3 aromatic rings. The van der Waals surface area contributed by atoms with E-state index < -0.39 is 0 Å². The van der Waals surface area contributed by atoms with Gasteiger partial charge in [0.05, 0.1) is 24.6 Å². The van der Waals surface area contributed by atoms with Gasteiger partial charge in [0.25, 0.3) is 5.91 Å². The molecule has 5 rings (SSSR count). The molecule has 1 N–H and O–H groups in total. The second kappa shape index (κ2) is 9.87. The van der Waals surface area contributed by atoms with E-state index in [1.165, 1.54) is 5.57 Å². The molecule has 1 saturated heterocycles. The number of hydrogen-bond acceptors (Lipinski definition) is 5. The summed E-state index contributed by atoms with van der Waals surface area (Å²) in [6.45, 7) is 2.55. The van der Waals surface area contributed by atoms with Crippen LogP contribution in [0.3, 0.4) is 0 Å². The summed E-state index contributed by atoms with van der Waals surface area (Å²) in [5.74, 6) is -0.173. The standard InChI is InChI=1S/C25H26ClN5O2/c26-20-7-5-18(6-8-20)17-19-3-1-2-4-22-23(25(32)29-30-13-15-33-16-14-30)28-31(24(19)22)21-9-11-27-12-10-21/h5-12,17H,1-4,13-16H2,(H,29,32). The van der Waals surface area contributed by atoms with Crippen LogP contribution in [0.15, 0.2) is 48.8 Å². The number of amides is 1. The zero-order valence-corrected chi connectivity index (χ0v) is 19.1. The minimum atomic E-state index is -0.173. The van der Waals surface area contributed by atoms with Gasteiger partial charge in [-0.3, -0.25) is 15.2 Å². The highest BCUT2D eigenvalue weighted by atomic mass is 35.5. The van der Waals surface area contributed by atoms with Gasteiger partial charge in [-0.05, 0) is 67.2 Å². The fraction of sp³-hybridized carbons (Fsp3) is 0.320. The van der Waals surface area contributed by atoms with Crippen LogP contribution < -0.4 is 5.43 Å². The third kappa shape index (κ3) is 4.85. The molecule has 170 valence electrons. The monoisotopic (exact) mass is 463 g/mol. The molecule has 33 heavy (non-hydrogen) atoms. The Labute approximate surface area is 198 Å². The number of ether oxygens (including phenoxy) is 1. The van der Waals surface area contributed by atoms with Crippen LogP contribution in [0.4, 0.5) is 0 Å². The van der Waals surface area contributed by atoms with Gasteiger partial charge in [-0.25, -0.2) is 9.69 Å². The molecule has 0 spiro atoms. The minimum absolute atomic E-state index is 0.173. The van der Waals surface area contributed by atoms with Crippen LogP contribution >= 0.6 is 11.6 Å². The predicted octanol–water partition coefficient (Wildman–Crippen LogP) is 4.16. The van der Waals surface area contributed by atoms with Crippen molar-refractivity contribution in [2.45, 2.75) is 25.7 Å². The molecule has 8 heteroatoms. The topological polar surface area (TPSA) is 72.3 Å². The lowest BCUT2D eigenvalue weighted by Crippen LogP contribution is -2.48. The van der Waals surface area contributed by atoms with Crippen molar-refractivity contribution in [3.8, 4) is 5.69 Å². The van der Waals surface area contributed by atoms with Gasteiger partial charge in [-0.15, -0.1) is 0 Å². The minimum Gasteiger partial charge on any atom is -0.379 e. The summed E-state index contributed by atoms with van der Waals surface area (Å²) in [4.78, 5) is 17.5. The second-order valence-electron chi connectivity index (χ2n) is 8.26. The fourth-order valence-corrected chi connectivity index (χ4v) is 4.51. The normalized spacial score (nSPS) is 18.0. The Bertz CT molecular complexity index is 1150. The van der Waals surface area contributed by atoms with Crippen LogP contribution in [0.2, 0.25) is 5.02 Å². The lowest BCUT2D eigenvalue weighted by Gasteiger charge is -2.26. The van der Waals surface area contributed by atoms with Crippen LogP contribution in [0, 0.1) is 0 Å². The van der Waals surface area contributed by atoms with Crippen molar-refractivity contribution < 1.29 is 9.53 Å². The van der Waals surface area contributed by atoms with E-state index in [0.29, 0.717) is 37.0 Å². The van der Waals surface area contributed by atoms with Crippen LogP contribution in [0.5, 0.6) is 0 Å². The zero-order chi connectivity index (χ0) is 22.6. The second-order valence-corrected chi connectivity index (χ2v) is 8.70. The van der Waals surface area contributed by atoms with E-state index in [-0.39, 0.29) is 5.91 Å². The largest absolute Gasteiger partial charge is 0.379 e. The highest BCUT2D eigenvalue weighted by molar-refractivity contribution is 6.30. The molecule has 0 atom stereocenters. The van der Waals surface area contributed by atoms with Crippen LogP contribution in [0.25, 0.3) is 17.3 Å². The summed E-state index contributed by atoms with van der Waals surface area (Å²) in [5.41, 5.74) is 8.64. The van der Waals surface area contributed by atoms with Gasteiger partial charge < -0.3 is 4.74 Å². The predicted molar refractivity (Wildman–Crippen MR) is 128 cm³/mol. The van der Waals surface area contributed by atoms with E-state index in [1.54, 1.807) is 12.4 Å². The van der Waals surface area contributed by atoms with Gasteiger partial charge in [0.1, 0.15) is 0 Å². The SMILES string of the molecule is O=C(NN1CCOCC1)c1nn(-c2ccncc2)c2c1CCCCC2=Cc1ccc(Cl)cc1. The lowest BCUT2D eigenvalue weighted by molar-refractivity contribution is 0.0124. The zero-order valence-electron chi connectivity index (χ0n) is 18.3. The average Bonchev–Trinajstić information content (AvgIpc) is 3.11. The molecule has 0 bridgehead atoms. The molecule has 1 amide bonds. The molecule has 1 fully saturated rings. The number of carbonyl (C=O) groups is 1. The molecule has 1 aromatic carbocycles. The van der Waals surface area contributed by atoms with Gasteiger partial charge in [0.15, 0.2) is 5.69 Å². The molecule has 1 aliphatic heterocycles. The number of fused-ring (bicyclic) bond motifs is 1. The highest BCUT2D eigenvalue weighted by Crippen LogP contribution is 2.35. The Morgan fingerprint density at radius 3 is 2.52 bits per heavy atom. The molecule has 3 heterocycles. The number of nitrogens with zero attached hydrogens (tertiary/aromatic N) is 4. The van der Waals surface area contributed by atoms with Gasteiger partial charge in [0, 0.05) is 36.1 Å². The van der Waals surface area contributed by atoms with E-state index in [0.717, 1.165) is 48.2 Å². The first kappa shape index (κ1) is 21.8. The van der Waals surface area contributed by atoms with E-state index in [9.17, 15) is 4.79 Å². The van der Waals surface area contributed by atoms with Gasteiger partial charge in [0.2, 0.25) is 0 Å². The Hall–Kier alpha value is -3.00. The Kier molecular flexibility index (Phi) is 6.53.